The number of carbonyl (C=O) groups is 2. The normalized spacial score (nSPS) is 22.3. The fraction of sp³-hybridized carbons (Fsp3) is 0.500. The van der Waals surface area contributed by atoms with Crippen molar-refractivity contribution in [1.82, 2.24) is 10.0 Å². The van der Waals surface area contributed by atoms with E-state index in [4.69, 9.17) is 4.74 Å². The Morgan fingerprint density at radius 3 is 2.54 bits per heavy atom. The molecule has 0 spiro atoms. The summed E-state index contributed by atoms with van der Waals surface area (Å²) < 4.78 is 31.4. The number of carbonyl (C=O) groups excluding carboxylic acids is 2. The lowest BCUT2D eigenvalue weighted by Crippen LogP contribution is -2.45. The third-order valence-electron chi connectivity index (χ3n) is 5.21. The quantitative estimate of drug-likeness (QED) is 0.507. The van der Waals surface area contributed by atoms with E-state index in [9.17, 15) is 18.0 Å². The summed E-state index contributed by atoms with van der Waals surface area (Å²) in [6.07, 6.45) is 4.61. The minimum absolute atomic E-state index is 0.0315. The van der Waals surface area contributed by atoms with E-state index in [2.05, 4.69) is 30.5 Å². The lowest BCUT2D eigenvalue weighted by molar-refractivity contribution is -0.125. The predicted molar refractivity (Wildman–Crippen MR) is 106 cm³/mol. The monoisotopic (exact) mass is 408 g/mol. The number of nitrogens with one attached hydrogen (secondary N) is 2. The minimum atomic E-state index is -3.65. The van der Waals surface area contributed by atoms with Gasteiger partial charge in [-0.15, -0.1) is 6.58 Å². The molecule has 1 aromatic rings. The fourth-order valence-electron chi connectivity index (χ4n) is 3.27. The van der Waals surface area contributed by atoms with Crippen LogP contribution in [0.5, 0.6) is 0 Å². The van der Waals surface area contributed by atoms with Crippen LogP contribution in [-0.4, -0.2) is 39.5 Å². The molecule has 0 aromatic heterocycles. The van der Waals surface area contributed by atoms with E-state index < -0.39 is 16.0 Å². The molecular weight excluding hydrogens is 380 g/mol. The molecule has 0 heterocycles. The molecule has 0 bridgehead atoms. The van der Waals surface area contributed by atoms with E-state index in [1.165, 1.54) is 30.3 Å². The maximum atomic E-state index is 12.1. The van der Waals surface area contributed by atoms with E-state index >= 15 is 0 Å². The Morgan fingerprint density at radius 2 is 1.89 bits per heavy atom. The maximum Gasteiger partial charge on any atom is 0.338 e. The van der Waals surface area contributed by atoms with E-state index in [-0.39, 0.29) is 35.6 Å². The van der Waals surface area contributed by atoms with Gasteiger partial charge in [0, 0.05) is 12.6 Å². The molecule has 28 heavy (non-hydrogen) atoms. The van der Waals surface area contributed by atoms with E-state index in [1.54, 1.807) is 0 Å². The van der Waals surface area contributed by atoms with Gasteiger partial charge in [-0.25, -0.2) is 17.9 Å². The van der Waals surface area contributed by atoms with Crippen molar-refractivity contribution < 1.29 is 22.7 Å². The highest BCUT2D eigenvalue weighted by Crippen LogP contribution is 2.29. The first-order chi connectivity index (χ1) is 13.2. The molecule has 1 aromatic carbocycles. The average Bonchev–Trinajstić information content (AvgIpc) is 2.68. The maximum absolute atomic E-state index is 12.1. The first-order valence-corrected chi connectivity index (χ1v) is 10.9. The van der Waals surface area contributed by atoms with Crippen molar-refractivity contribution in [2.75, 3.05) is 13.2 Å². The number of hydrogen-bond acceptors (Lipinski definition) is 5. The number of benzene rings is 1. The highest BCUT2D eigenvalue weighted by Gasteiger charge is 2.28. The van der Waals surface area contributed by atoms with Gasteiger partial charge in [0.25, 0.3) is 5.91 Å². The lowest BCUT2D eigenvalue weighted by Gasteiger charge is -2.34. The molecular formula is C20H28N2O5S. The van der Waals surface area contributed by atoms with Gasteiger partial charge >= 0.3 is 5.97 Å². The van der Waals surface area contributed by atoms with Gasteiger partial charge in [0.05, 0.1) is 10.5 Å². The van der Waals surface area contributed by atoms with Crippen LogP contribution < -0.4 is 10.0 Å². The Hall–Kier alpha value is -2.19. The number of sulfonamides is 1. The molecule has 1 aliphatic rings. The van der Waals surface area contributed by atoms with Crippen molar-refractivity contribution in [1.29, 1.82) is 0 Å². The van der Waals surface area contributed by atoms with Crippen LogP contribution in [-0.2, 0) is 19.6 Å². The SMILES string of the molecule is C=CCNS(=O)(=O)c1ccc(C(=O)OCC(=O)N[C@H]2CCC[C@@H](C)[C@H]2C)cc1. The highest BCUT2D eigenvalue weighted by atomic mass is 32.2. The fourth-order valence-corrected chi connectivity index (χ4v) is 4.27. The summed E-state index contributed by atoms with van der Waals surface area (Å²) in [6.45, 7) is 7.51. The van der Waals surface area contributed by atoms with E-state index in [1.807, 2.05) is 0 Å². The van der Waals surface area contributed by atoms with Crippen LogP contribution in [0, 0.1) is 11.8 Å². The standard InChI is InChI=1S/C20H28N2O5S/c1-4-12-21-28(25,26)17-10-8-16(9-11-17)20(24)27-13-19(23)22-18-7-5-6-14(2)15(18)3/h4,8-11,14-15,18,21H,1,5-7,12-13H2,2-3H3,(H,22,23)/t14-,15-,18+/m1/s1. The molecule has 0 radical (unpaired) electrons. The topological polar surface area (TPSA) is 102 Å². The van der Waals surface area contributed by atoms with Gasteiger partial charge in [-0.2, -0.15) is 0 Å². The van der Waals surface area contributed by atoms with E-state index in [0.717, 1.165) is 19.3 Å². The van der Waals surface area contributed by atoms with Crippen molar-refractivity contribution in [2.24, 2.45) is 11.8 Å². The largest absolute Gasteiger partial charge is 0.452 e. The van der Waals surface area contributed by atoms with Crippen LogP contribution in [0.3, 0.4) is 0 Å². The molecule has 0 unspecified atom stereocenters. The zero-order valence-corrected chi connectivity index (χ0v) is 17.1. The van der Waals surface area contributed by atoms with Crippen LogP contribution >= 0.6 is 0 Å². The Labute approximate surface area is 166 Å². The second-order valence-electron chi connectivity index (χ2n) is 7.18. The van der Waals surface area contributed by atoms with Gasteiger partial charge < -0.3 is 10.1 Å². The molecule has 2 rings (SSSR count). The first-order valence-electron chi connectivity index (χ1n) is 9.41. The summed E-state index contributed by atoms with van der Waals surface area (Å²) in [4.78, 5) is 24.2. The van der Waals surface area contributed by atoms with Crippen LogP contribution in [0.4, 0.5) is 0 Å². The van der Waals surface area contributed by atoms with Crippen molar-refractivity contribution in [3.05, 3.63) is 42.5 Å². The number of esters is 1. The molecule has 0 aliphatic heterocycles. The Bertz CT molecular complexity index is 804. The number of amides is 1. The Kier molecular flexibility index (Phi) is 7.77. The number of ether oxygens (including phenoxy) is 1. The minimum Gasteiger partial charge on any atom is -0.452 e. The zero-order valence-electron chi connectivity index (χ0n) is 16.3. The average molecular weight is 409 g/mol. The van der Waals surface area contributed by atoms with Crippen LogP contribution in [0.1, 0.15) is 43.5 Å². The molecule has 1 saturated carbocycles. The van der Waals surface area contributed by atoms with Gasteiger partial charge in [0.2, 0.25) is 10.0 Å². The smallest absolute Gasteiger partial charge is 0.338 e. The van der Waals surface area contributed by atoms with Gasteiger partial charge in [-0.3, -0.25) is 4.79 Å². The highest BCUT2D eigenvalue weighted by molar-refractivity contribution is 7.89. The Morgan fingerprint density at radius 1 is 1.21 bits per heavy atom. The molecule has 3 atom stereocenters. The molecule has 2 N–H and O–H groups in total. The summed E-state index contributed by atoms with van der Waals surface area (Å²) in [7, 11) is -3.65. The molecule has 1 aliphatic carbocycles. The number of hydrogen-bond donors (Lipinski definition) is 2. The van der Waals surface area contributed by atoms with Gasteiger partial charge in [0.1, 0.15) is 0 Å². The van der Waals surface area contributed by atoms with Gasteiger partial charge in [-0.1, -0.05) is 32.8 Å². The van der Waals surface area contributed by atoms with Crippen LogP contribution in [0.2, 0.25) is 0 Å². The summed E-state index contributed by atoms with van der Waals surface area (Å²) >= 11 is 0. The molecule has 8 heteroatoms. The summed E-state index contributed by atoms with van der Waals surface area (Å²) in [6, 6.07) is 5.43. The van der Waals surface area contributed by atoms with Crippen molar-refractivity contribution in [2.45, 2.75) is 44.0 Å². The zero-order chi connectivity index (χ0) is 20.7. The first kappa shape index (κ1) is 22.1. The van der Waals surface area contributed by atoms with Gasteiger partial charge in [-0.05, 0) is 42.5 Å². The molecule has 1 fully saturated rings. The summed E-state index contributed by atoms with van der Waals surface area (Å²) in [5, 5.41) is 2.94. The molecule has 1 amide bonds. The molecule has 0 saturated heterocycles. The third kappa shape index (κ3) is 5.90. The third-order valence-corrected chi connectivity index (χ3v) is 6.65. The second-order valence-corrected chi connectivity index (χ2v) is 8.95. The summed E-state index contributed by atoms with van der Waals surface area (Å²) in [5.41, 5.74) is 0.176. The molecule has 154 valence electrons. The van der Waals surface area contributed by atoms with E-state index in [0.29, 0.717) is 11.8 Å². The number of rotatable bonds is 8. The lowest BCUT2D eigenvalue weighted by atomic mass is 9.78. The van der Waals surface area contributed by atoms with Gasteiger partial charge in [0.15, 0.2) is 6.61 Å². The van der Waals surface area contributed by atoms with Crippen molar-refractivity contribution in [3.63, 3.8) is 0 Å². The molecule has 7 nitrogen and oxygen atoms in total. The van der Waals surface area contributed by atoms with Crippen LogP contribution in [0.15, 0.2) is 41.8 Å². The predicted octanol–water partition coefficient (Wildman–Crippen LogP) is 2.25. The van der Waals surface area contributed by atoms with Crippen molar-refractivity contribution in [3.8, 4) is 0 Å². The summed E-state index contributed by atoms with van der Waals surface area (Å²) in [5.74, 6) is -0.0645. The second kappa shape index (κ2) is 9.84. The van der Waals surface area contributed by atoms with Crippen molar-refractivity contribution >= 4 is 21.9 Å². The van der Waals surface area contributed by atoms with Crippen LogP contribution in [0.25, 0.3) is 0 Å². The Balaban J connectivity index is 1.87.